The summed E-state index contributed by atoms with van der Waals surface area (Å²) in [6.45, 7) is 3.72. The Hall–Kier alpha value is -2.48. The van der Waals surface area contributed by atoms with Crippen LogP contribution < -0.4 is 0 Å². The Kier molecular flexibility index (Phi) is 4.82. The molecule has 0 radical (unpaired) electrons. The predicted molar refractivity (Wildman–Crippen MR) is 103 cm³/mol. The molecule has 4 rings (SSSR count). The van der Waals surface area contributed by atoms with Gasteiger partial charge in [-0.1, -0.05) is 24.3 Å². The summed E-state index contributed by atoms with van der Waals surface area (Å²) in [5.74, 6) is 0.0440. The fourth-order valence-corrected chi connectivity index (χ4v) is 4.69. The smallest absolute Gasteiger partial charge is 0.222 e. The van der Waals surface area contributed by atoms with E-state index in [4.69, 9.17) is 4.74 Å². The van der Waals surface area contributed by atoms with E-state index in [1.54, 1.807) is 37.8 Å². The molecule has 1 saturated heterocycles. The van der Waals surface area contributed by atoms with Crippen molar-refractivity contribution in [3.05, 3.63) is 59.7 Å². The van der Waals surface area contributed by atoms with E-state index in [2.05, 4.69) is 28.8 Å². The molecule has 7 nitrogen and oxygen atoms in total. The molecule has 4 atom stereocenters. The second kappa shape index (κ2) is 7.16. The molecule has 1 fully saturated rings. The summed E-state index contributed by atoms with van der Waals surface area (Å²) in [4.78, 5) is 37.6. The zero-order valence-corrected chi connectivity index (χ0v) is 16.4. The van der Waals surface area contributed by atoms with E-state index < -0.39 is 12.1 Å². The molecular weight excluding hydrogens is 356 g/mol. The minimum atomic E-state index is -0.513. The largest absolute Gasteiger partial charge is 0.379 e. The quantitative estimate of drug-likeness (QED) is 0.732. The zero-order valence-electron chi connectivity index (χ0n) is 16.4. The second-order valence-corrected chi connectivity index (χ2v) is 7.73. The van der Waals surface area contributed by atoms with Gasteiger partial charge in [-0.2, -0.15) is 0 Å². The molecule has 0 saturated carbocycles. The summed E-state index contributed by atoms with van der Waals surface area (Å²) in [6.07, 6.45) is 4.94. The number of nitrogens with zero attached hydrogens (tertiary/aromatic N) is 4. The molecule has 28 heavy (non-hydrogen) atoms. The lowest BCUT2D eigenvalue weighted by molar-refractivity contribution is -0.938. The minimum Gasteiger partial charge on any atom is -0.379 e. The van der Waals surface area contributed by atoms with Crippen LogP contribution in [0.25, 0.3) is 0 Å². The summed E-state index contributed by atoms with van der Waals surface area (Å²) < 4.78 is 5.77. The third-order valence-corrected chi connectivity index (χ3v) is 6.36. The van der Waals surface area contributed by atoms with Crippen molar-refractivity contribution in [2.45, 2.75) is 31.7 Å². The first-order valence-corrected chi connectivity index (χ1v) is 9.51. The third kappa shape index (κ3) is 2.78. The number of rotatable bonds is 5. The molecule has 1 aliphatic heterocycles. The number of methoxy groups -OCH3 is 1. The average Bonchev–Trinajstić information content (AvgIpc) is 2.94. The number of carbonyl (C=O) groups is 2. The fourth-order valence-electron chi connectivity index (χ4n) is 4.69. The first kappa shape index (κ1) is 18.9. The van der Waals surface area contributed by atoms with Crippen LogP contribution in [-0.4, -0.2) is 76.5 Å². The van der Waals surface area contributed by atoms with Crippen LogP contribution in [0.1, 0.15) is 33.3 Å². The number of aromatic nitrogens is 2. The highest BCUT2D eigenvalue weighted by Crippen LogP contribution is 2.40. The van der Waals surface area contributed by atoms with Crippen molar-refractivity contribution < 1.29 is 18.8 Å². The van der Waals surface area contributed by atoms with Crippen molar-refractivity contribution in [3.8, 4) is 0 Å². The Morgan fingerprint density at radius 1 is 1.14 bits per heavy atom. The maximum Gasteiger partial charge on any atom is 0.222 e. The summed E-state index contributed by atoms with van der Waals surface area (Å²) in [5.41, 5.74) is 1.83. The fraction of sp³-hybridized carbons (Fsp3) is 0.429. The van der Waals surface area contributed by atoms with Gasteiger partial charge in [-0.05, 0) is 0 Å². The van der Waals surface area contributed by atoms with E-state index in [1.807, 2.05) is 12.1 Å². The molecule has 0 spiro atoms. The SMILES string of the molecule is COCC[N+]1(C)C2C(=O)c3ccccc3C(=O)C2N(Cc2cnccn2)C1C. The number of hydrogen-bond acceptors (Lipinski definition) is 6. The zero-order chi connectivity index (χ0) is 19.9. The Morgan fingerprint density at radius 3 is 2.50 bits per heavy atom. The number of quaternary nitrogens is 1. The number of carbonyl (C=O) groups excluding carboxylic acids is 2. The molecule has 4 unspecified atom stereocenters. The normalized spacial score (nSPS) is 29.6. The van der Waals surface area contributed by atoms with E-state index in [0.717, 1.165) is 5.69 Å². The standard InChI is InChI=1S/C21H25N4O3/c1-14-24(13-15-12-22-8-9-23-15)18-19(25(14,2)10-11-28-3)21(27)17-7-5-4-6-16(17)20(18)26/h4-9,12,14,18-19H,10-11,13H2,1-3H3/q+1. The first-order chi connectivity index (χ1) is 13.5. The van der Waals surface area contributed by atoms with Gasteiger partial charge in [0, 0.05) is 50.3 Å². The van der Waals surface area contributed by atoms with Gasteiger partial charge < -0.3 is 4.74 Å². The van der Waals surface area contributed by atoms with Crippen molar-refractivity contribution >= 4 is 11.6 Å². The number of benzene rings is 1. The molecule has 7 heteroatoms. The van der Waals surface area contributed by atoms with Crippen molar-refractivity contribution in [2.75, 3.05) is 27.3 Å². The van der Waals surface area contributed by atoms with Gasteiger partial charge in [0.1, 0.15) is 18.8 Å². The Labute approximate surface area is 164 Å². The van der Waals surface area contributed by atoms with Crippen LogP contribution >= 0.6 is 0 Å². The first-order valence-electron chi connectivity index (χ1n) is 9.51. The second-order valence-electron chi connectivity index (χ2n) is 7.73. The molecule has 2 heterocycles. The number of hydrogen-bond donors (Lipinski definition) is 0. The lowest BCUT2D eigenvalue weighted by Crippen LogP contribution is -2.61. The van der Waals surface area contributed by atoms with Crippen LogP contribution in [0.4, 0.5) is 0 Å². The Morgan fingerprint density at radius 2 is 1.86 bits per heavy atom. The van der Waals surface area contributed by atoms with E-state index in [-0.39, 0.29) is 17.7 Å². The topological polar surface area (TPSA) is 72.4 Å². The molecule has 0 N–H and O–H groups in total. The van der Waals surface area contributed by atoms with Crippen molar-refractivity contribution in [2.24, 2.45) is 0 Å². The number of Topliss-reactive ketones (excluding diaryl/α,β-unsaturated/α-hetero) is 2. The lowest BCUT2D eigenvalue weighted by atomic mass is 9.81. The molecule has 1 aromatic heterocycles. The number of ether oxygens (including phenoxy) is 1. The van der Waals surface area contributed by atoms with Gasteiger partial charge in [-0.25, -0.2) is 4.90 Å². The summed E-state index contributed by atoms with van der Waals surface area (Å²) >= 11 is 0. The minimum absolute atomic E-state index is 0.00945. The molecule has 1 aliphatic carbocycles. The monoisotopic (exact) mass is 381 g/mol. The van der Waals surface area contributed by atoms with Crippen LogP contribution in [0.15, 0.2) is 42.9 Å². The van der Waals surface area contributed by atoms with Crippen LogP contribution in [-0.2, 0) is 11.3 Å². The molecule has 0 amide bonds. The maximum absolute atomic E-state index is 13.5. The van der Waals surface area contributed by atoms with Gasteiger partial charge in [-0.3, -0.25) is 24.0 Å². The van der Waals surface area contributed by atoms with Gasteiger partial charge >= 0.3 is 0 Å². The molecule has 146 valence electrons. The third-order valence-electron chi connectivity index (χ3n) is 6.36. The molecule has 0 bridgehead atoms. The van der Waals surface area contributed by atoms with Gasteiger partial charge in [0.25, 0.3) is 0 Å². The Bertz CT molecular complexity index is 904. The highest BCUT2D eigenvalue weighted by Gasteiger charge is 2.63. The maximum atomic E-state index is 13.5. The van der Waals surface area contributed by atoms with Crippen molar-refractivity contribution in [3.63, 3.8) is 0 Å². The summed E-state index contributed by atoms with van der Waals surface area (Å²) in [7, 11) is 3.71. The molecule has 2 aromatic rings. The van der Waals surface area contributed by atoms with Crippen molar-refractivity contribution in [1.82, 2.24) is 14.9 Å². The lowest BCUT2D eigenvalue weighted by Gasteiger charge is -2.40. The van der Waals surface area contributed by atoms with E-state index in [1.165, 1.54) is 0 Å². The molecular formula is C21H25N4O3+. The van der Waals surface area contributed by atoms with Crippen LogP contribution in [0.5, 0.6) is 0 Å². The van der Waals surface area contributed by atoms with Gasteiger partial charge in [0.2, 0.25) is 5.78 Å². The van der Waals surface area contributed by atoms with Gasteiger partial charge in [-0.15, -0.1) is 0 Å². The highest BCUT2D eigenvalue weighted by atomic mass is 16.5. The molecule has 2 aliphatic rings. The van der Waals surface area contributed by atoms with Crippen LogP contribution in [0.2, 0.25) is 0 Å². The number of ketones is 2. The summed E-state index contributed by atoms with van der Waals surface area (Å²) in [6, 6.07) is 6.19. The predicted octanol–water partition coefficient (Wildman–Crippen LogP) is 1.55. The van der Waals surface area contributed by atoms with Crippen LogP contribution in [0, 0.1) is 0 Å². The Balaban J connectivity index is 1.81. The van der Waals surface area contributed by atoms with E-state index >= 15 is 0 Å². The number of likely N-dealkylation sites (N-methyl/N-ethyl adjacent to an activating group) is 1. The highest BCUT2D eigenvalue weighted by molar-refractivity contribution is 6.18. The summed E-state index contributed by atoms with van der Waals surface area (Å²) in [5, 5.41) is 0. The molecule has 1 aromatic carbocycles. The van der Waals surface area contributed by atoms with Crippen molar-refractivity contribution in [1.29, 1.82) is 0 Å². The van der Waals surface area contributed by atoms with Gasteiger partial charge in [0.15, 0.2) is 11.8 Å². The van der Waals surface area contributed by atoms with E-state index in [0.29, 0.717) is 35.3 Å². The van der Waals surface area contributed by atoms with E-state index in [9.17, 15) is 9.59 Å². The average molecular weight is 381 g/mol. The van der Waals surface area contributed by atoms with Crippen LogP contribution in [0.3, 0.4) is 0 Å². The van der Waals surface area contributed by atoms with Gasteiger partial charge in [0.05, 0.1) is 19.3 Å². The number of fused-ring (bicyclic) bond motifs is 2.